The monoisotopic (exact) mass is 276 g/mol. The Kier molecular flexibility index (Phi) is 4.27. The van der Waals surface area contributed by atoms with Gasteiger partial charge in [-0.25, -0.2) is 0 Å². The van der Waals surface area contributed by atoms with E-state index in [0.717, 1.165) is 22.5 Å². The zero-order valence-electron chi connectivity index (χ0n) is 11.1. The second-order valence-corrected chi connectivity index (χ2v) is 5.05. The fourth-order valence-corrected chi connectivity index (χ4v) is 2.24. The number of hydrogen-bond donors (Lipinski definition) is 2. The minimum atomic E-state index is 0.00187. The molecule has 0 bridgehead atoms. The van der Waals surface area contributed by atoms with Crippen LogP contribution in [0.4, 0.5) is 0 Å². The fraction of sp³-hybridized carbons (Fsp3) is 0.267. The first-order valence-electron chi connectivity index (χ1n) is 6.21. The first-order valence-corrected chi connectivity index (χ1v) is 6.59. The summed E-state index contributed by atoms with van der Waals surface area (Å²) in [5.41, 5.74) is 4.09. The standard InChI is InChI=1S/C15H17ClN2O/c1-10-7-13(11(2)18-10)8-15(19)17-9-12-5-3-4-6-14(12)16/h3-7,18H,8-9H2,1-2H3,(H,17,19). The summed E-state index contributed by atoms with van der Waals surface area (Å²) < 4.78 is 0. The number of aromatic amines is 1. The van der Waals surface area contributed by atoms with Gasteiger partial charge in [-0.1, -0.05) is 29.8 Å². The molecule has 0 unspecified atom stereocenters. The molecule has 0 atom stereocenters. The van der Waals surface area contributed by atoms with Crippen molar-refractivity contribution in [2.24, 2.45) is 0 Å². The van der Waals surface area contributed by atoms with Crippen LogP contribution in [-0.2, 0) is 17.8 Å². The highest BCUT2D eigenvalue weighted by molar-refractivity contribution is 6.31. The van der Waals surface area contributed by atoms with Gasteiger partial charge in [0.15, 0.2) is 0 Å². The van der Waals surface area contributed by atoms with Crippen molar-refractivity contribution in [3.63, 3.8) is 0 Å². The Balaban J connectivity index is 1.92. The molecule has 19 heavy (non-hydrogen) atoms. The zero-order chi connectivity index (χ0) is 13.8. The highest BCUT2D eigenvalue weighted by Crippen LogP contribution is 2.14. The van der Waals surface area contributed by atoms with Crippen LogP contribution in [-0.4, -0.2) is 10.9 Å². The number of carbonyl (C=O) groups is 1. The maximum Gasteiger partial charge on any atom is 0.224 e. The van der Waals surface area contributed by atoms with Crippen molar-refractivity contribution in [2.75, 3.05) is 0 Å². The van der Waals surface area contributed by atoms with E-state index in [1.54, 1.807) is 0 Å². The van der Waals surface area contributed by atoms with Crippen LogP contribution in [0.15, 0.2) is 30.3 Å². The summed E-state index contributed by atoms with van der Waals surface area (Å²) in [7, 11) is 0. The third-order valence-electron chi connectivity index (χ3n) is 3.04. The molecule has 4 heteroatoms. The Labute approximate surface area is 118 Å². The van der Waals surface area contributed by atoms with Crippen LogP contribution < -0.4 is 5.32 Å². The quantitative estimate of drug-likeness (QED) is 0.885. The lowest BCUT2D eigenvalue weighted by atomic mass is 10.1. The van der Waals surface area contributed by atoms with Crippen LogP contribution in [0.2, 0.25) is 5.02 Å². The van der Waals surface area contributed by atoms with Gasteiger partial charge in [-0.3, -0.25) is 4.79 Å². The molecule has 1 heterocycles. The molecule has 100 valence electrons. The van der Waals surface area contributed by atoms with Crippen LogP contribution in [0.3, 0.4) is 0 Å². The minimum Gasteiger partial charge on any atom is -0.362 e. The molecule has 2 N–H and O–H groups in total. The molecular formula is C15H17ClN2O. The van der Waals surface area contributed by atoms with Gasteiger partial charge in [-0.2, -0.15) is 0 Å². The predicted octanol–water partition coefficient (Wildman–Crippen LogP) is 3.14. The number of hydrogen-bond acceptors (Lipinski definition) is 1. The van der Waals surface area contributed by atoms with E-state index in [9.17, 15) is 4.79 Å². The van der Waals surface area contributed by atoms with Crippen molar-refractivity contribution in [2.45, 2.75) is 26.8 Å². The number of aryl methyl sites for hydroxylation is 2. The number of benzene rings is 1. The van der Waals surface area contributed by atoms with Gasteiger partial charge in [-0.15, -0.1) is 0 Å². The molecule has 2 aromatic rings. The number of carbonyl (C=O) groups excluding carboxylic acids is 1. The van der Waals surface area contributed by atoms with E-state index in [-0.39, 0.29) is 5.91 Å². The summed E-state index contributed by atoms with van der Waals surface area (Å²) in [5.74, 6) is 0.00187. The van der Waals surface area contributed by atoms with Crippen molar-refractivity contribution in [1.82, 2.24) is 10.3 Å². The highest BCUT2D eigenvalue weighted by Gasteiger charge is 2.08. The summed E-state index contributed by atoms with van der Waals surface area (Å²) in [6.07, 6.45) is 0.390. The Bertz CT molecular complexity index is 590. The first kappa shape index (κ1) is 13.7. The molecule has 3 nitrogen and oxygen atoms in total. The lowest BCUT2D eigenvalue weighted by Crippen LogP contribution is -2.24. The molecule has 0 aliphatic rings. The zero-order valence-corrected chi connectivity index (χ0v) is 11.8. The smallest absolute Gasteiger partial charge is 0.224 e. The van der Waals surface area contributed by atoms with Crippen molar-refractivity contribution < 1.29 is 4.79 Å². The molecule has 1 amide bonds. The maximum atomic E-state index is 11.9. The number of nitrogens with one attached hydrogen (secondary N) is 2. The number of H-pyrrole nitrogens is 1. The van der Waals surface area contributed by atoms with E-state index in [2.05, 4.69) is 10.3 Å². The SMILES string of the molecule is Cc1cc(CC(=O)NCc2ccccc2Cl)c(C)[nH]1. The summed E-state index contributed by atoms with van der Waals surface area (Å²) >= 11 is 6.04. The van der Waals surface area contributed by atoms with Gasteiger partial charge in [0.05, 0.1) is 6.42 Å². The lowest BCUT2D eigenvalue weighted by Gasteiger charge is -2.06. The van der Waals surface area contributed by atoms with Crippen LogP contribution in [0.5, 0.6) is 0 Å². The average Bonchev–Trinajstić information content (AvgIpc) is 2.67. The molecule has 0 spiro atoms. The molecular weight excluding hydrogens is 260 g/mol. The fourth-order valence-electron chi connectivity index (χ4n) is 2.04. The van der Waals surface area contributed by atoms with E-state index >= 15 is 0 Å². The Morgan fingerprint density at radius 3 is 2.63 bits per heavy atom. The summed E-state index contributed by atoms with van der Waals surface area (Å²) in [6.45, 7) is 4.42. The van der Waals surface area contributed by atoms with Crippen LogP contribution >= 0.6 is 11.6 Å². The molecule has 0 aliphatic heterocycles. The van der Waals surface area contributed by atoms with Gasteiger partial charge >= 0.3 is 0 Å². The minimum absolute atomic E-state index is 0.00187. The van der Waals surface area contributed by atoms with Crippen LogP contribution in [0.25, 0.3) is 0 Å². The van der Waals surface area contributed by atoms with E-state index < -0.39 is 0 Å². The molecule has 0 aliphatic carbocycles. The van der Waals surface area contributed by atoms with Gasteiger partial charge in [0.25, 0.3) is 0 Å². The number of aromatic nitrogens is 1. The second-order valence-electron chi connectivity index (χ2n) is 4.65. The third kappa shape index (κ3) is 3.61. The Morgan fingerprint density at radius 1 is 1.26 bits per heavy atom. The molecule has 2 rings (SSSR count). The molecule has 1 aromatic heterocycles. The number of halogens is 1. The first-order chi connectivity index (χ1) is 9.06. The number of rotatable bonds is 4. The van der Waals surface area contributed by atoms with E-state index in [1.807, 2.05) is 44.2 Å². The number of amides is 1. The van der Waals surface area contributed by atoms with Crippen molar-refractivity contribution in [1.29, 1.82) is 0 Å². The molecule has 0 saturated heterocycles. The van der Waals surface area contributed by atoms with E-state index in [4.69, 9.17) is 11.6 Å². The van der Waals surface area contributed by atoms with Gasteiger partial charge in [0, 0.05) is 23.0 Å². The summed E-state index contributed by atoms with van der Waals surface area (Å²) in [6, 6.07) is 9.52. The van der Waals surface area contributed by atoms with Gasteiger partial charge < -0.3 is 10.3 Å². The van der Waals surface area contributed by atoms with Crippen molar-refractivity contribution in [3.05, 3.63) is 57.9 Å². The molecule has 0 saturated carbocycles. The summed E-state index contributed by atoms with van der Waals surface area (Å²) in [5, 5.41) is 3.56. The Hall–Kier alpha value is -1.74. The highest BCUT2D eigenvalue weighted by atomic mass is 35.5. The van der Waals surface area contributed by atoms with Gasteiger partial charge in [-0.05, 0) is 37.1 Å². The lowest BCUT2D eigenvalue weighted by molar-refractivity contribution is -0.120. The maximum absolute atomic E-state index is 11.9. The van der Waals surface area contributed by atoms with E-state index in [1.165, 1.54) is 0 Å². The molecule has 1 aromatic carbocycles. The van der Waals surface area contributed by atoms with Gasteiger partial charge in [0.1, 0.15) is 0 Å². The predicted molar refractivity (Wildman–Crippen MR) is 77.3 cm³/mol. The summed E-state index contributed by atoms with van der Waals surface area (Å²) in [4.78, 5) is 15.1. The third-order valence-corrected chi connectivity index (χ3v) is 3.41. The van der Waals surface area contributed by atoms with Crippen LogP contribution in [0.1, 0.15) is 22.5 Å². The topological polar surface area (TPSA) is 44.9 Å². The largest absolute Gasteiger partial charge is 0.362 e. The van der Waals surface area contributed by atoms with Gasteiger partial charge in [0.2, 0.25) is 5.91 Å². The van der Waals surface area contributed by atoms with E-state index in [0.29, 0.717) is 18.0 Å². The molecule has 0 radical (unpaired) electrons. The Morgan fingerprint density at radius 2 is 2.00 bits per heavy atom. The normalized spacial score (nSPS) is 10.5. The van der Waals surface area contributed by atoms with Crippen LogP contribution in [0, 0.1) is 13.8 Å². The molecule has 0 fully saturated rings. The van der Waals surface area contributed by atoms with Crippen molar-refractivity contribution in [3.8, 4) is 0 Å². The van der Waals surface area contributed by atoms with Crippen molar-refractivity contribution >= 4 is 17.5 Å². The average molecular weight is 277 g/mol. The second kappa shape index (κ2) is 5.93.